The lowest BCUT2D eigenvalue weighted by Crippen LogP contribution is -2.47. The van der Waals surface area contributed by atoms with Gasteiger partial charge in [-0.25, -0.2) is 0 Å². The molecule has 5 heteroatoms. The Hall–Kier alpha value is -1.75. The number of para-hydroxylation sites is 1. The van der Waals surface area contributed by atoms with E-state index in [4.69, 9.17) is 4.74 Å². The van der Waals surface area contributed by atoms with Gasteiger partial charge in [0, 0.05) is 44.2 Å². The molecule has 1 aliphatic carbocycles. The Morgan fingerprint density at radius 3 is 2.69 bits per heavy atom. The standard InChI is InChI=1S/C21H34N4O/c1-15(2)25(16-10-11-16)13-12-23-20(22-5)24-18-14-21(3,4)26-19-9-7-6-8-17(18)19/h6-9,15-16,18H,10-14H2,1-5H3,(H2,22,23,24). The number of guanidine groups is 1. The number of nitrogens with zero attached hydrogens (tertiary/aromatic N) is 2. The van der Waals surface area contributed by atoms with E-state index in [2.05, 4.69) is 66.4 Å². The van der Waals surface area contributed by atoms with Crippen molar-refractivity contribution in [3.63, 3.8) is 0 Å². The first kappa shape index (κ1) is 19.0. The number of nitrogens with one attached hydrogen (secondary N) is 2. The molecule has 1 aliphatic heterocycles. The molecule has 1 atom stereocenters. The zero-order chi connectivity index (χ0) is 18.7. The lowest BCUT2D eigenvalue weighted by molar-refractivity contribution is 0.0694. The second-order valence-corrected chi connectivity index (χ2v) is 8.36. The maximum absolute atomic E-state index is 6.13. The summed E-state index contributed by atoms with van der Waals surface area (Å²) in [6.07, 6.45) is 3.60. The molecule has 1 aromatic rings. The lowest BCUT2D eigenvalue weighted by atomic mass is 9.90. The Kier molecular flexibility index (Phi) is 5.76. The van der Waals surface area contributed by atoms with Crippen LogP contribution in [0.5, 0.6) is 5.75 Å². The minimum atomic E-state index is -0.189. The van der Waals surface area contributed by atoms with E-state index in [9.17, 15) is 0 Å². The van der Waals surface area contributed by atoms with E-state index < -0.39 is 0 Å². The Labute approximate surface area is 158 Å². The first-order chi connectivity index (χ1) is 12.4. The predicted molar refractivity (Wildman–Crippen MR) is 108 cm³/mol. The minimum Gasteiger partial charge on any atom is -0.487 e. The molecule has 1 unspecified atom stereocenters. The van der Waals surface area contributed by atoms with Crippen molar-refractivity contribution in [3.05, 3.63) is 29.8 Å². The summed E-state index contributed by atoms with van der Waals surface area (Å²) in [5.74, 6) is 1.83. The van der Waals surface area contributed by atoms with Crippen LogP contribution in [0.3, 0.4) is 0 Å². The van der Waals surface area contributed by atoms with Crippen LogP contribution in [0.25, 0.3) is 0 Å². The lowest BCUT2D eigenvalue weighted by Gasteiger charge is -2.38. The van der Waals surface area contributed by atoms with Crippen molar-refractivity contribution in [2.75, 3.05) is 20.1 Å². The smallest absolute Gasteiger partial charge is 0.191 e. The van der Waals surface area contributed by atoms with Crippen LogP contribution < -0.4 is 15.4 Å². The summed E-state index contributed by atoms with van der Waals surface area (Å²) in [6, 6.07) is 9.88. The molecule has 1 heterocycles. The number of benzene rings is 1. The summed E-state index contributed by atoms with van der Waals surface area (Å²) in [7, 11) is 1.84. The SMILES string of the molecule is CN=C(NCCN(C(C)C)C1CC1)NC1CC(C)(C)Oc2ccccc21. The van der Waals surface area contributed by atoms with E-state index in [0.717, 1.165) is 37.3 Å². The Morgan fingerprint density at radius 2 is 2.04 bits per heavy atom. The van der Waals surface area contributed by atoms with E-state index in [0.29, 0.717) is 6.04 Å². The highest BCUT2D eigenvalue weighted by Gasteiger charge is 2.34. The highest BCUT2D eigenvalue weighted by atomic mass is 16.5. The molecule has 2 aliphatic rings. The summed E-state index contributed by atoms with van der Waals surface area (Å²) < 4.78 is 6.13. The molecular weight excluding hydrogens is 324 g/mol. The maximum atomic E-state index is 6.13. The molecule has 3 rings (SSSR count). The normalized spacial score (nSPS) is 22.1. The molecule has 1 saturated carbocycles. The highest BCUT2D eigenvalue weighted by molar-refractivity contribution is 5.80. The molecule has 5 nitrogen and oxygen atoms in total. The molecule has 0 amide bonds. The van der Waals surface area contributed by atoms with Gasteiger partial charge >= 0.3 is 0 Å². The van der Waals surface area contributed by atoms with Crippen LogP contribution in [0.15, 0.2) is 29.3 Å². The summed E-state index contributed by atoms with van der Waals surface area (Å²) >= 11 is 0. The molecule has 2 N–H and O–H groups in total. The number of hydrogen-bond acceptors (Lipinski definition) is 3. The molecule has 0 aromatic heterocycles. The summed E-state index contributed by atoms with van der Waals surface area (Å²) in [5, 5.41) is 7.10. The first-order valence-electron chi connectivity index (χ1n) is 9.90. The van der Waals surface area contributed by atoms with E-state index in [1.54, 1.807) is 0 Å². The molecule has 0 saturated heterocycles. The fraction of sp³-hybridized carbons (Fsp3) is 0.667. The average Bonchev–Trinajstić information content (AvgIpc) is 3.41. The van der Waals surface area contributed by atoms with Gasteiger partial charge in [-0.15, -0.1) is 0 Å². The molecule has 1 fully saturated rings. The Balaban J connectivity index is 1.59. The molecule has 1 aromatic carbocycles. The van der Waals surface area contributed by atoms with Crippen LogP contribution in [-0.2, 0) is 0 Å². The molecule has 0 spiro atoms. The second kappa shape index (κ2) is 7.87. The largest absolute Gasteiger partial charge is 0.487 e. The van der Waals surface area contributed by atoms with Crippen molar-refractivity contribution in [3.8, 4) is 5.75 Å². The van der Waals surface area contributed by atoms with E-state index in [1.165, 1.54) is 18.4 Å². The third kappa shape index (κ3) is 4.70. The van der Waals surface area contributed by atoms with Gasteiger partial charge in [-0.1, -0.05) is 18.2 Å². The Morgan fingerprint density at radius 1 is 1.31 bits per heavy atom. The fourth-order valence-electron chi connectivity index (χ4n) is 3.86. The molecule has 26 heavy (non-hydrogen) atoms. The topological polar surface area (TPSA) is 48.9 Å². The van der Waals surface area contributed by atoms with E-state index in [1.807, 2.05) is 13.1 Å². The van der Waals surface area contributed by atoms with Gasteiger partial charge in [-0.05, 0) is 46.6 Å². The second-order valence-electron chi connectivity index (χ2n) is 8.36. The number of fused-ring (bicyclic) bond motifs is 1. The van der Waals surface area contributed by atoms with E-state index in [-0.39, 0.29) is 11.6 Å². The number of aliphatic imine (C=N–C) groups is 1. The zero-order valence-corrected chi connectivity index (χ0v) is 16.9. The molecule has 0 bridgehead atoms. The van der Waals surface area contributed by atoms with Crippen LogP contribution in [0.2, 0.25) is 0 Å². The van der Waals surface area contributed by atoms with Crippen molar-refractivity contribution < 1.29 is 4.74 Å². The highest BCUT2D eigenvalue weighted by Crippen LogP contribution is 2.39. The van der Waals surface area contributed by atoms with Gasteiger partial charge in [0.1, 0.15) is 11.4 Å². The summed E-state index contributed by atoms with van der Waals surface area (Å²) in [4.78, 5) is 7.03. The third-order valence-electron chi connectivity index (χ3n) is 5.25. The van der Waals surface area contributed by atoms with E-state index >= 15 is 0 Å². The summed E-state index contributed by atoms with van der Waals surface area (Å²) in [6.45, 7) is 10.8. The molecule has 0 radical (unpaired) electrons. The van der Waals surface area contributed by atoms with Crippen LogP contribution in [0.1, 0.15) is 58.6 Å². The van der Waals surface area contributed by atoms with Gasteiger partial charge in [0.15, 0.2) is 5.96 Å². The van der Waals surface area contributed by atoms with Crippen LogP contribution in [-0.4, -0.2) is 48.7 Å². The number of ether oxygens (including phenoxy) is 1. The predicted octanol–water partition coefficient (Wildman–Crippen LogP) is 3.33. The number of rotatable bonds is 6. The van der Waals surface area contributed by atoms with Gasteiger partial charge in [0.25, 0.3) is 0 Å². The van der Waals surface area contributed by atoms with Crippen molar-refractivity contribution in [2.24, 2.45) is 4.99 Å². The fourth-order valence-corrected chi connectivity index (χ4v) is 3.86. The monoisotopic (exact) mass is 358 g/mol. The van der Waals surface area contributed by atoms with Gasteiger partial charge in [0.2, 0.25) is 0 Å². The number of hydrogen-bond donors (Lipinski definition) is 2. The van der Waals surface area contributed by atoms with Crippen molar-refractivity contribution in [1.82, 2.24) is 15.5 Å². The zero-order valence-electron chi connectivity index (χ0n) is 16.9. The quantitative estimate of drug-likeness (QED) is 0.605. The van der Waals surface area contributed by atoms with Crippen molar-refractivity contribution in [2.45, 2.75) is 70.7 Å². The summed E-state index contributed by atoms with van der Waals surface area (Å²) in [5.41, 5.74) is 1.02. The van der Waals surface area contributed by atoms with Gasteiger partial charge in [-0.2, -0.15) is 0 Å². The first-order valence-corrected chi connectivity index (χ1v) is 9.90. The van der Waals surface area contributed by atoms with Crippen molar-refractivity contribution in [1.29, 1.82) is 0 Å². The van der Waals surface area contributed by atoms with Gasteiger partial charge in [-0.3, -0.25) is 9.89 Å². The van der Waals surface area contributed by atoms with Crippen molar-refractivity contribution >= 4 is 5.96 Å². The molecule has 144 valence electrons. The third-order valence-corrected chi connectivity index (χ3v) is 5.25. The van der Waals surface area contributed by atoms with Crippen LogP contribution in [0, 0.1) is 0 Å². The van der Waals surface area contributed by atoms with Gasteiger partial charge in [0.05, 0.1) is 6.04 Å². The minimum absolute atomic E-state index is 0.189. The van der Waals surface area contributed by atoms with Crippen LogP contribution >= 0.6 is 0 Å². The Bertz CT molecular complexity index is 635. The maximum Gasteiger partial charge on any atom is 0.191 e. The van der Waals surface area contributed by atoms with Gasteiger partial charge < -0.3 is 15.4 Å². The average molecular weight is 359 g/mol. The molecular formula is C21H34N4O. The van der Waals surface area contributed by atoms with Crippen LogP contribution in [0.4, 0.5) is 0 Å².